The van der Waals surface area contributed by atoms with Crippen molar-refractivity contribution >= 4 is 0 Å². The van der Waals surface area contributed by atoms with E-state index in [1.807, 2.05) is 0 Å². The summed E-state index contributed by atoms with van der Waals surface area (Å²) in [4.78, 5) is 0. The second kappa shape index (κ2) is 3.02. The Morgan fingerprint density at radius 1 is 1.62 bits per heavy atom. The third kappa shape index (κ3) is 2.96. The minimum absolute atomic E-state index is 0.0547. The molecule has 0 spiro atoms. The lowest BCUT2D eigenvalue weighted by Crippen LogP contribution is -2.39. The van der Waals surface area contributed by atoms with E-state index < -0.39 is 5.72 Å². The van der Waals surface area contributed by atoms with Crippen molar-refractivity contribution in [3.8, 4) is 0 Å². The maximum atomic E-state index is 8.94. The summed E-state index contributed by atoms with van der Waals surface area (Å²) in [7, 11) is 0. The van der Waals surface area contributed by atoms with Crippen molar-refractivity contribution < 1.29 is 10.2 Å². The van der Waals surface area contributed by atoms with E-state index in [9.17, 15) is 0 Å². The molecule has 4 N–H and O–H groups in total. The van der Waals surface area contributed by atoms with Crippen molar-refractivity contribution in [2.45, 2.75) is 25.5 Å². The normalized spacial score (nSPS) is 18.0. The molecule has 0 aliphatic rings. The van der Waals surface area contributed by atoms with Gasteiger partial charge in [-0.25, -0.2) is 0 Å². The molecule has 0 heterocycles. The quantitative estimate of drug-likeness (QED) is 0.436. The van der Waals surface area contributed by atoms with E-state index in [1.165, 1.54) is 0 Å². The van der Waals surface area contributed by atoms with Crippen LogP contribution < -0.4 is 5.73 Å². The summed E-state index contributed by atoms with van der Waals surface area (Å²) in [5, 5.41) is 17.2. The Morgan fingerprint density at radius 2 is 2.12 bits per heavy atom. The SMILES string of the molecule is CCC(N)(O)CCO. The average molecular weight is 119 g/mol. The van der Waals surface area contributed by atoms with Crippen LogP contribution in [0.4, 0.5) is 0 Å². The molecule has 0 radical (unpaired) electrons. The molecule has 3 nitrogen and oxygen atoms in total. The van der Waals surface area contributed by atoms with Gasteiger partial charge < -0.3 is 15.9 Å². The number of rotatable bonds is 3. The smallest absolute Gasteiger partial charge is 0.115 e. The second-order valence-electron chi connectivity index (χ2n) is 1.93. The molecular formula is C5H13NO2. The summed E-state index contributed by atoms with van der Waals surface area (Å²) >= 11 is 0. The molecule has 3 heteroatoms. The average Bonchev–Trinajstić information content (AvgIpc) is 1.67. The van der Waals surface area contributed by atoms with Crippen molar-refractivity contribution in [2.24, 2.45) is 5.73 Å². The highest BCUT2D eigenvalue weighted by atomic mass is 16.3. The van der Waals surface area contributed by atoms with E-state index in [0.717, 1.165) is 0 Å². The maximum absolute atomic E-state index is 8.94. The molecule has 1 unspecified atom stereocenters. The maximum Gasteiger partial charge on any atom is 0.115 e. The van der Waals surface area contributed by atoms with E-state index in [-0.39, 0.29) is 13.0 Å². The highest BCUT2D eigenvalue weighted by Gasteiger charge is 2.15. The Labute approximate surface area is 49.1 Å². The number of hydrogen-bond acceptors (Lipinski definition) is 3. The predicted molar refractivity (Wildman–Crippen MR) is 31.1 cm³/mol. The number of hydrogen-bond donors (Lipinski definition) is 3. The van der Waals surface area contributed by atoms with Crippen LogP contribution in [0.2, 0.25) is 0 Å². The van der Waals surface area contributed by atoms with Crippen LogP contribution in [0.25, 0.3) is 0 Å². The minimum Gasteiger partial charge on any atom is -0.396 e. The van der Waals surface area contributed by atoms with E-state index in [0.29, 0.717) is 6.42 Å². The third-order valence-corrected chi connectivity index (χ3v) is 1.16. The van der Waals surface area contributed by atoms with Crippen LogP contribution in [-0.2, 0) is 0 Å². The minimum atomic E-state index is -1.16. The van der Waals surface area contributed by atoms with E-state index in [2.05, 4.69) is 0 Å². The standard InChI is InChI=1S/C5H13NO2/c1-2-5(6,8)3-4-7/h7-8H,2-4,6H2,1H3. The molecule has 0 aromatic rings. The van der Waals surface area contributed by atoms with Gasteiger partial charge >= 0.3 is 0 Å². The summed E-state index contributed by atoms with van der Waals surface area (Å²) in [5.41, 5.74) is 4.06. The van der Waals surface area contributed by atoms with Crippen molar-refractivity contribution in [3.05, 3.63) is 0 Å². The van der Waals surface area contributed by atoms with Gasteiger partial charge in [-0.15, -0.1) is 0 Å². The van der Waals surface area contributed by atoms with Gasteiger partial charge in [0.15, 0.2) is 0 Å². The molecule has 50 valence electrons. The molecule has 0 aromatic heterocycles. The van der Waals surface area contributed by atoms with Crippen LogP contribution in [0.3, 0.4) is 0 Å². The summed E-state index contributed by atoms with van der Waals surface area (Å²) in [6.07, 6.45) is 0.733. The van der Waals surface area contributed by atoms with Gasteiger partial charge in [-0.2, -0.15) is 0 Å². The first-order valence-corrected chi connectivity index (χ1v) is 2.74. The number of aliphatic hydroxyl groups is 2. The van der Waals surface area contributed by atoms with Crippen LogP contribution in [0, 0.1) is 0 Å². The lowest BCUT2D eigenvalue weighted by Gasteiger charge is -2.18. The second-order valence-corrected chi connectivity index (χ2v) is 1.93. The summed E-state index contributed by atoms with van der Waals surface area (Å²) in [6, 6.07) is 0. The lowest BCUT2D eigenvalue weighted by molar-refractivity contribution is 0.0182. The molecular weight excluding hydrogens is 106 g/mol. The van der Waals surface area contributed by atoms with Crippen LogP contribution in [-0.4, -0.2) is 22.5 Å². The van der Waals surface area contributed by atoms with Gasteiger partial charge in [-0.05, 0) is 6.42 Å². The molecule has 0 bridgehead atoms. The molecule has 8 heavy (non-hydrogen) atoms. The Hall–Kier alpha value is -0.120. The van der Waals surface area contributed by atoms with Crippen molar-refractivity contribution in [1.29, 1.82) is 0 Å². The molecule has 0 fully saturated rings. The van der Waals surface area contributed by atoms with Crippen LogP contribution in [0.1, 0.15) is 19.8 Å². The Morgan fingerprint density at radius 3 is 2.25 bits per heavy atom. The van der Waals surface area contributed by atoms with E-state index in [1.54, 1.807) is 6.92 Å². The highest BCUT2D eigenvalue weighted by Crippen LogP contribution is 2.04. The largest absolute Gasteiger partial charge is 0.396 e. The molecule has 0 amide bonds. The first-order valence-electron chi connectivity index (χ1n) is 2.74. The first kappa shape index (κ1) is 7.88. The zero-order valence-electron chi connectivity index (χ0n) is 5.09. The van der Waals surface area contributed by atoms with E-state index >= 15 is 0 Å². The number of nitrogens with two attached hydrogens (primary N) is 1. The fraction of sp³-hybridized carbons (Fsp3) is 1.00. The fourth-order valence-corrected chi connectivity index (χ4v) is 0.370. The van der Waals surface area contributed by atoms with Crippen LogP contribution in [0.15, 0.2) is 0 Å². The van der Waals surface area contributed by atoms with Gasteiger partial charge in [-0.3, -0.25) is 0 Å². The van der Waals surface area contributed by atoms with Gasteiger partial charge in [0.1, 0.15) is 5.72 Å². The van der Waals surface area contributed by atoms with Crippen LogP contribution >= 0.6 is 0 Å². The van der Waals surface area contributed by atoms with Gasteiger partial charge in [0.05, 0.1) is 0 Å². The fourth-order valence-electron chi connectivity index (χ4n) is 0.370. The Kier molecular flexibility index (Phi) is 2.97. The molecule has 0 rings (SSSR count). The van der Waals surface area contributed by atoms with Crippen molar-refractivity contribution in [3.63, 3.8) is 0 Å². The van der Waals surface area contributed by atoms with E-state index in [4.69, 9.17) is 15.9 Å². The molecule has 0 saturated carbocycles. The van der Waals surface area contributed by atoms with Crippen molar-refractivity contribution in [1.82, 2.24) is 0 Å². The summed E-state index contributed by atoms with van der Waals surface area (Å²) < 4.78 is 0. The monoisotopic (exact) mass is 119 g/mol. The first-order chi connectivity index (χ1) is 3.62. The molecule has 0 aliphatic heterocycles. The Bertz CT molecular complexity index is 63.4. The van der Waals surface area contributed by atoms with Gasteiger partial charge in [0.25, 0.3) is 0 Å². The molecule has 0 saturated heterocycles. The predicted octanol–water partition coefficient (Wildman–Crippen LogP) is -0.574. The van der Waals surface area contributed by atoms with Gasteiger partial charge in [-0.1, -0.05) is 6.92 Å². The van der Waals surface area contributed by atoms with Gasteiger partial charge in [0.2, 0.25) is 0 Å². The lowest BCUT2D eigenvalue weighted by atomic mass is 10.1. The Balaban J connectivity index is 3.37. The zero-order chi connectivity index (χ0) is 6.62. The highest BCUT2D eigenvalue weighted by molar-refractivity contribution is 4.66. The summed E-state index contributed by atoms with van der Waals surface area (Å²) in [5.74, 6) is 0. The number of aliphatic hydroxyl groups excluding tert-OH is 1. The summed E-state index contributed by atoms with van der Waals surface area (Å²) in [6.45, 7) is 1.72. The molecule has 1 atom stereocenters. The van der Waals surface area contributed by atoms with Crippen molar-refractivity contribution in [2.75, 3.05) is 6.61 Å². The molecule has 0 aliphatic carbocycles. The molecule has 0 aromatic carbocycles. The van der Waals surface area contributed by atoms with Gasteiger partial charge in [0, 0.05) is 13.0 Å². The topological polar surface area (TPSA) is 66.5 Å². The third-order valence-electron chi connectivity index (χ3n) is 1.16. The zero-order valence-corrected chi connectivity index (χ0v) is 5.09. The van der Waals surface area contributed by atoms with Crippen LogP contribution in [0.5, 0.6) is 0 Å².